The van der Waals surface area contributed by atoms with E-state index in [2.05, 4.69) is 35.5 Å². The zero-order chi connectivity index (χ0) is 11.2. The van der Waals surface area contributed by atoms with Crippen molar-refractivity contribution in [3.8, 4) is 5.69 Å². The first-order chi connectivity index (χ1) is 7.92. The summed E-state index contributed by atoms with van der Waals surface area (Å²) in [6.45, 7) is 4.11. The fraction of sp³-hybridized carbons (Fsp3) is 0.308. The van der Waals surface area contributed by atoms with Crippen LogP contribution in [-0.4, -0.2) is 16.3 Å². The third-order valence-electron chi connectivity index (χ3n) is 2.49. The Morgan fingerprint density at radius 2 is 2.12 bits per heavy atom. The SMILES string of the molecule is CCCNCc1ccccc1-n1cccn1. The Hall–Kier alpha value is -1.61. The predicted octanol–water partition coefficient (Wildman–Crippen LogP) is 2.37. The molecule has 0 radical (unpaired) electrons. The van der Waals surface area contributed by atoms with Crippen LogP contribution in [0.15, 0.2) is 42.7 Å². The molecule has 3 nitrogen and oxygen atoms in total. The van der Waals surface area contributed by atoms with Gasteiger partial charge in [-0.05, 0) is 30.7 Å². The molecule has 0 aliphatic carbocycles. The van der Waals surface area contributed by atoms with Crippen LogP contribution in [0.25, 0.3) is 5.69 Å². The van der Waals surface area contributed by atoms with Crippen LogP contribution >= 0.6 is 0 Å². The third kappa shape index (κ3) is 2.49. The Labute approximate surface area is 96.1 Å². The molecule has 1 aromatic heterocycles. The highest BCUT2D eigenvalue weighted by molar-refractivity contribution is 5.40. The van der Waals surface area contributed by atoms with Crippen molar-refractivity contribution in [2.45, 2.75) is 19.9 Å². The van der Waals surface area contributed by atoms with Crippen LogP contribution in [0.2, 0.25) is 0 Å². The van der Waals surface area contributed by atoms with Crippen LogP contribution in [0, 0.1) is 0 Å². The molecule has 0 saturated heterocycles. The molecule has 16 heavy (non-hydrogen) atoms. The molecule has 1 heterocycles. The summed E-state index contributed by atoms with van der Waals surface area (Å²) >= 11 is 0. The molecule has 0 amide bonds. The van der Waals surface area contributed by atoms with Gasteiger partial charge in [-0.15, -0.1) is 0 Å². The molecule has 0 bridgehead atoms. The van der Waals surface area contributed by atoms with Gasteiger partial charge in [0.15, 0.2) is 0 Å². The van der Waals surface area contributed by atoms with Crippen molar-refractivity contribution in [3.63, 3.8) is 0 Å². The van der Waals surface area contributed by atoms with E-state index in [1.165, 1.54) is 5.56 Å². The number of hydrogen-bond acceptors (Lipinski definition) is 2. The van der Waals surface area contributed by atoms with E-state index in [4.69, 9.17) is 0 Å². The van der Waals surface area contributed by atoms with Gasteiger partial charge in [0, 0.05) is 18.9 Å². The van der Waals surface area contributed by atoms with Gasteiger partial charge in [0.1, 0.15) is 0 Å². The normalized spacial score (nSPS) is 10.6. The van der Waals surface area contributed by atoms with Crippen LogP contribution in [0.1, 0.15) is 18.9 Å². The highest BCUT2D eigenvalue weighted by Gasteiger charge is 2.02. The Morgan fingerprint density at radius 1 is 1.25 bits per heavy atom. The number of nitrogens with one attached hydrogen (secondary N) is 1. The number of hydrogen-bond donors (Lipinski definition) is 1. The fourth-order valence-corrected chi connectivity index (χ4v) is 1.69. The molecule has 0 unspecified atom stereocenters. The molecule has 0 spiro atoms. The number of nitrogens with zero attached hydrogens (tertiary/aromatic N) is 2. The second-order valence-corrected chi connectivity index (χ2v) is 3.76. The summed E-state index contributed by atoms with van der Waals surface area (Å²) in [7, 11) is 0. The first-order valence-corrected chi connectivity index (χ1v) is 5.70. The number of para-hydroxylation sites is 1. The Kier molecular flexibility index (Phi) is 3.72. The minimum absolute atomic E-state index is 0.893. The monoisotopic (exact) mass is 215 g/mol. The number of aromatic nitrogens is 2. The average Bonchev–Trinajstić information content (AvgIpc) is 2.83. The molecule has 0 atom stereocenters. The van der Waals surface area contributed by atoms with Gasteiger partial charge in [-0.25, -0.2) is 4.68 Å². The zero-order valence-corrected chi connectivity index (χ0v) is 9.56. The van der Waals surface area contributed by atoms with Gasteiger partial charge in [-0.2, -0.15) is 5.10 Å². The Morgan fingerprint density at radius 3 is 2.88 bits per heavy atom. The molecular formula is C13H17N3. The molecular weight excluding hydrogens is 198 g/mol. The van der Waals surface area contributed by atoms with Crippen molar-refractivity contribution >= 4 is 0 Å². The van der Waals surface area contributed by atoms with Crippen molar-refractivity contribution in [1.82, 2.24) is 15.1 Å². The summed E-state index contributed by atoms with van der Waals surface area (Å²) in [4.78, 5) is 0. The number of benzene rings is 1. The maximum absolute atomic E-state index is 4.26. The van der Waals surface area contributed by atoms with Crippen molar-refractivity contribution in [1.29, 1.82) is 0 Å². The molecule has 1 N–H and O–H groups in total. The second kappa shape index (κ2) is 5.47. The first kappa shape index (κ1) is 10.9. The van der Waals surface area contributed by atoms with E-state index in [9.17, 15) is 0 Å². The molecule has 0 aliphatic heterocycles. The largest absolute Gasteiger partial charge is 0.313 e. The summed E-state index contributed by atoms with van der Waals surface area (Å²) in [5, 5.41) is 7.68. The van der Waals surface area contributed by atoms with Crippen molar-refractivity contribution < 1.29 is 0 Å². The van der Waals surface area contributed by atoms with Crippen LogP contribution in [0.5, 0.6) is 0 Å². The van der Waals surface area contributed by atoms with E-state index < -0.39 is 0 Å². The highest BCUT2D eigenvalue weighted by Crippen LogP contribution is 2.12. The lowest BCUT2D eigenvalue weighted by atomic mass is 10.2. The summed E-state index contributed by atoms with van der Waals surface area (Å²) in [6, 6.07) is 10.3. The van der Waals surface area contributed by atoms with Gasteiger partial charge >= 0.3 is 0 Å². The van der Waals surface area contributed by atoms with Crippen molar-refractivity contribution in [3.05, 3.63) is 48.3 Å². The van der Waals surface area contributed by atoms with Crippen LogP contribution in [-0.2, 0) is 6.54 Å². The lowest BCUT2D eigenvalue weighted by molar-refractivity contribution is 0.670. The zero-order valence-electron chi connectivity index (χ0n) is 9.56. The van der Waals surface area contributed by atoms with Gasteiger partial charge in [0.05, 0.1) is 5.69 Å². The number of rotatable bonds is 5. The Bertz CT molecular complexity index is 421. The second-order valence-electron chi connectivity index (χ2n) is 3.76. The summed E-state index contributed by atoms with van der Waals surface area (Å²) in [6.07, 6.45) is 4.93. The lowest BCUT2D eigenvalue weighted by Gasteiger charge is -2.09. The van der Waals surface area contributed by atoms with Gasteiger partial charge < -0.3 is 5.32 Å². The van der Waals surface area contributed by atoms with E-state index >= 15 is 0 Å². The van der Waals surface area contributed by atoms with E-state index in [-0.39, 0.29) is 0 Å². The van der Waals surface area contributed by atoms with Crippen LogP contribution in [0.4, 0.5) is 0 Å². The van der Waals surface area contributed by atoms with Gasteiger partial charge in [0.2, 0.25) is 0 Å². The van der Waals surface area contributed by atoms with E-state index in [1.54, 1.807) is 6.20 Å². The smallest absolute Gasteiger partial charge is 0.0690 e. The van der Waals surface area contributed by atoms with E-state index in [0.717, 1.165) is 25.2 Å². The van der Waals surface area contributed by atoms with Crippen molar-refractivity contribution in [2.24, 2.45) is 0 Å². The minimum Gasteiger partial charge on any atom is -0.313 e. The summed E-state index contributed by atoms with van der Waals surface area (Å²) in [5.74, 6) is 0. The lowest BCUT2D eigenvalue weighted by Crippen LogP contribution is -2.15. The van der Waals surface area contributed by atoms with Crippen molar-refractivity contribution in [2.75, 3.05) is 6.54 Å². The Balaban J connectivity index is 2.18. The standard InChI is InChI=1S/C13H17N3/c1-2-8-14-11-12-6-3-4-7-13(12)16-10-5-9-15-16/h3-7,9-10,14H,2,8,11H2,1H3. The van der Waals surface area contributed by atoms with E-state index in [0.29, 0.717) is 0 Å². The minimum atomic E-state index is 0.893. The topological polar surface area (TPSA) is 29.9 Å². The molecule has 0 aliphatic rings. The highest BCUT2D eigenvalue weighted by atomic mass is 15.3. The molecule has 0 fully saturated rings. The molecule has 3 heteroatoms. The first-order valence-electron chi connectivity index (χ1n) is 5.70. The van der Waals surface area contributed by atoms with Gasteiger partial charge in [-0.3, -0.25) is 0 Å². The summed E-state index contributed by atoms with van der Waals surface area (Å²) in [5.41, 5.74) is 2.43. The molecule has 1 aromatic carbocycles. The molecule has 2 rings (SSSR count). The molecule has 0 saturated carbocycles. The van der Waals surface area contributed by atoms with Gasteiger partial charge in [0.25, 0.3) is 0 Å². The van der Waals surface area contributed by atoms with Gasteiger partial charge in [-0.1, -0.05) is 25.1 Å². The fourth-order valence-electron chi connectivity index (χ4n) is 1.69. The predicted molar refractivity (Wildman–Crippen MR) is 65.6 cm³/mol. The summed E-state index contributed by atoms with van der Waals surface area (Å²) < 4.78 is 1.91. The third-order valence-corrected chi connectivity index (χ3v) is 2.49. The maximum atomic E-state index is 4.26. The molecule has 2 aromatic rings. The van der Waals surface area contributed by atoms with Crippen LogP contribution in [0.3, 0.4) is 0 Å². The van der Waals surface area contributed by atoms with Crippen LogP contribution < -0.4 is 5.32 Å². The average molecular weight is 215 g/mol. The van der Waals surface area contributed by atoms with E-state index in [1.807, 2.05) is 23.0 Å². The molecule has 84 valence electrons. The quantitative estimate of drug-likeness (QED) is 0.776. The maximum Gasteiger partial charge on any atom is 0.0690 e.